The lowest BCUT2D eigenvalue weighted by molar-refractivity contribution is -0.958. The zero-order valence-corrected chi connectivity index (χ0v) is 9.08. The second-order valence-electron chi connectivity index (χ2n) is 4.21. The fraction of sp³-hybridized carbons (Fsp3) is 0.700. The Kier molecular flexibility index (Phi) is 2.84. The molecule has 1 saturated heterocycles. The Bertz CT molecular complexity index is 299. The van der Waals surface area contributed by atoms with Crippen molar-refractivity contribution in [2.75, 3.05) is 26.2 Å². The molecule has 2 rings (SSSR count). The van der Waals surface area contributed by atoms with Gasteiger partial charge in [-0.3, -0.25) is 4.68 Å². The Morgan fingerprint density at radius 1 is 1.50 bits per heavy atom. The molecule has 1 aliphatic rings. The molecule has 0 radical (unpaired) electrons. The summed E-state index contributed by atoms with van der Waals surface area (Å²) in [6, 6.07) is 0. The Hall–Kier alpha value is -0.870. The zero-order chi connectivity index (χ0) is 9.97. The third-order valence-corrected chi connectivity index (χ3v) is 2.96. The van der Waals surface area contributed by atoms with Gasteiger partial charge < -0.3 is 10.2 Å². The number of hydrogen-bond acceptors (Lipinski definition) is 1. The first kappa shape index (κ1) is 9.68. The van der Waals surface area contributed by atoms with E-state index in [4.69, 9.17) is 0 Å². The van der Waals surface area contributed by atoms with Crippen molar-refractivity contribution in [2.45, 2.75) is 13.5 Å². The second-order valence-corrected chi connectivity index (χ2v) is 4.21. The van der Waals surface area contributed by atoms with Crippen LogP contribution in [-0.2, 0) is 13.6 Å². The van der Waals surface area contributed by atoms with Crippen LogP contribution >= 0.6 is 0 Å². The third kappa shape index (κ3) is 2.13. The normalized spacial score (nSPS) is 18.7. The van der Waals surface area contributed by atoms with Gasteiger partial charge in [0.2, 0.25) is 0 Å². The fourth-order valence-corrected chi connectivity index (χ4v) is 2.15. The van der Waals surface area contributed by atoms with E-state index in [-0.39, 0.29) is 0 Å². The van der Waals surface area contributed by atoms with Gasteiger partial charge in [-0.25, -0.2) is 0 Å². The maximum Gasteiger partial charge on any atom is 0.127 e. The highest BCUT2D eigenvalue weighted by Crippen LogP contribution is 2.01. The van der Waals surface area contributed by atoms with Crippen LogP contribution in [0.15, 0.2) is 6.20 Å². The summed E-state index contributed by atoms with van der Waals surface area (Å²) in [4.78, 5) is 1.70. The van der Waals surface area contributed by atoms with Crippen LogP contribution in [0.4, 0.5) is 0 Å². The highest BCUT2D eigenvalue weighted by Gasteiger charge is 2.17. The van der Waals surface area contributed by atoms with Crippen molar-refractivity contribution in [3.63, 3.8) is 0 Å². The van der Waals surface area contributed by atoms with Crippen LogP contribution in [0.5, 0.6) is 0 Å². The average molecular weight is 196 g/mol. The Balaban J connectivity index is 1.98. The van der Waals surface area contributed by atoms with Crippen LogP contribution in [0.25, 0.3) is 0 Å². The number of aryl methyl sites for hydroxylation is 2. The molecule has 1 aliphatic heterocycles. The van der Waals surface area contributed by atoms with E-state index in [0.29, 0.717) is 0 Å². The van der Waals surface area contributed by atoms with Crippen LogP contribution in [-0.4, -0.2) is 36.0 Å². The molecular weight excluding hydrogens is 176 g/mol. The van der Waals surface area contributed by atoms with E-state index >= 15 is 0 Å². The van der Waals surface area contributed by atoms with Gasteiger partial charge in [-0.05, 0) is 6.92 Å². The molecule has 0 atom stereocenters. The first-order valence-corrected chi connectivity index (χ1v) is 5.40. The van der Waals surface area contributed by atoms with E-state index in [1.54, 1.807) is 4.90 Å². The molecule has 14 heavy (non-hydrogen) atoms. The lowest BCUT2D eigenvalue weighted by atomic mass is 10.2. The number of rotatable bonds is 2. The minimum Gasteiger partial charge on any atom is -0.337 e. The molecule has 0 spiro atoms. The van der Waals surface area contributed by atoms with Crippen molar-refractivity contribution in [1.82, 2.24) is 9.78 Å². The predicted molar refractivity (Wildman–Crippen MR) is 54.0 cm³/mol. The highest BCUT2D eigenvalue weighted by atomic mass is 15.3. The monoisotopic (exact) mass is 196 g/mol. The molecule has 1 aromatic rings. The molecule has 0 aliphatic carbocycles. The second kappa shape index (κ2) is 4.11. The molecule has 0 aromatic carbocycles. The van der Waals surface area contributed by atoms with Crippen molar-refractivity contribution < 1.29 is 10.2 Å². The smallest absolute Gasteiger partial charge is 0.127 e. The summed E-state index contributed by atoms with van der Waals surface area (Å²) in [7, 11) is 2.00. The molecule has 4 heteroatoms. The van der Waals surface area contributed by atoms with E-state index in [2.05, 4.69) is 23.5 Å². The Labute approximate surface area is 84.9 Å². The Morgan fingerprint density at radius 3 is 2.79 bits per heavy atom. The van der Waals surface area contributed by atoms with Crippen LogP contribution in [0.1, 0.15) is 11.3 Å². The van der Waals surface area contributed by atoms with Gasteiger partial charge in [0, 0.05) is 18.8 Å². The lowest BCUT2D eigenvalue weighted by Gasteiger charge is -2.21. The minimum absolute atomic E-state index is 1.15. The summed E-state index contributed by atoms with van der Waals surface area (Å²) >= 11 is 0. The minimum atomic E-state index is 1.15. The highest BCUT2D eigenvalue weighted by molar-refractivity contribution is 5.13. The number of piperazine rings is 1. The number of quaternary nitrogens is 2. The largest absolute Gasteiger partial charge is 0.337 e. The van der Waals surface area contributed by atoms with Gasteiger partial charge in [-0.2, -0.15) is 5.10 Å². The van der Waals surface area contributed by atoms with E-state index in [1.807, 2.05) is 11.7 Å². The topological polar surface area (TPSA) is 38.9 Å². The average Bonchev–Trinajstić information content (AvgIpc) is 2.47. The SMILES string of the molecule is Cc1nn(C)cc1C[NH+]1CC[NH2+]CC1. The molecule has 0 unspecified atom stereocenters. The number of nitrogens with zero attached hydrogens (tertiary/aromatic N) is 2. The summed E-state index contributed by atoms with van der Waals surface area (Å²) < 4.78 is 1.92. The van der Waals surface area contributed by atoms with Gasteiger partial charge >= 0.3 is 0 Å². The van der Waals surface area contributed by atoms with Crippen LogP contribution in [0, 0.1) is 6.92 Å². The molecule has 0 saturated carbocycles. The van der Waals surface area contributed by atoms with Crippen LogP contribution in [0.3, 0.4) is 0 Å². The summed E-state index contributed by atoms with van der Waals surface area (Å²) in [5.74, 6) is 0. The lowest BCUT2D eigenvalue weighted by Crippen LogP contribution is -3.19. The maximum absolute atomic E-state index is 4.37. The van der Waals surface area contributed by atoms with Crippen molar-refractivity contribution in [1.29, 1.82) is 0 Å². The first-order valence-electron chi connectivity index (χ1n) is 5.40. The third-order valence-electron chi connectivity index (χ3n) is 2.96. The van der Waals surface area contributed by atoms with Crippen LogP contribution in [0.2, 0.25) is 0 Å². The molecule has 78 valence electrons. The standard InChI is InChI=1S/C10H18N4/c1-9-10(7-13(2)12-9)8-14-5-3-11-4-6-14/h7,11H,3-6,8H2,1-2H3/p+2. The van der Waals surface area contributed by atoms with Crippen LogP contribution < -0.4 is 10.2 Å². The van der Waals surface area contributed by atoms with Crippen molar-refractivity contribution in [3.05, 3.63) is 17.5 Å². The maximum atomic E-state index is 4.37. The van der Waals surface area contributed by atoms with Gasteiger partial charge in [-0.1, -0.05) is 0 Å². The number of hydrogen-bond donors (Lipinski definition) is 2. The van der Waals surface area contributed by atoms with E-state index in [1.165, 1.54) is 37.4 Å². The van der Waals surface area contributed by atoms with Gasteiger partial charge in [0.25, 0.3) is 0 Å². The van der Waals surface area contributed by atoms with E-state index in [9.17, 15) is 0 Å². The first-order chi connectivity index (χ1) is 6.75. The summed E-state index contributed by atoms with van der Waals surface area (Å²) in [6.07, 6.45) is 2.15. The number of nitrogens with two attached hydrogens (primary N) is 1. The molecule has 0 bridgehead atoms. The number of nitrogens with one attached hydrogen (secondary N) is 1. The molecule has 1 aromatic heterocycles. The van der Waals surface area contributed by atoms with Crippen molar-refractivity contribution in [3.8, 4) is 0 Å². The molecule has 3 N–H and O–H groups in total. The molecule has 2 heterocycles. The number of aromatic nitrogens is 2. The molecule has 1 fully saturated rings. The molecule has 0 amide bonds. The predicted octanol–water partition coefficient (Wildman–Crippen LogP) is -2.31. The van der Waals surface area contributed by atoms with Crippen molar-refractivity contribution in [2.24, 2.45) is 7.05 Å². The van der Waals surface area contributed by atoms with Crippen molar-refractivity contribution >= 4 is 0 Å². The van der Waals surface area contributed by atoms with E-state index in [0.717, 1.165) is 6.54 Å². The quantitative estimate of drug-likeness (QED) is 0.548. The summed E-state index contributed by atoms with van der Waals surface area (Å²) in [5.41, 5.74) is 2.60. The van der Waals surface area contributed by atoms with Gasteiger partial charge in [0.15, 0.2) is 0 Å². The molecule has 4 nitrogen and oxygen atoms in total. The summed E-state index contributed by atoms with van der Waals surface area (Å²) in [6.45, 7) is 8.37. The van der Waals surface area contributed by atoms with Gasteiger partial charge in [-0.15, -0.1) is 0 Å². The Morgan fingerprint density at radius 2 is 2.21 bits per heavy atom. The molecular formula is C10H20N4+2. The van der Waals surface area contributed by atoms with Gasteiger partial charge in [0.1, 0.15) is 32.7 Å². The van der Waals surface area contributed by atoms with E-state index < -0.39 is 0 Å². The zero-order valence-electron chi connectivity index (χ0n) is 9.08. The van der Waals surface area contributed by atoms with Gasteiger partial charge in [0.05, 0.1) is 5.69 Å². The fourth-order valence-electron chi connectivity index (χ4n) is 2.15. The summed E-state index contributed by atoms with van der Waals surface area (Å²) in [5, 5.41) is 6.77.